The van der Waals surface area contributed by atoms with E-state index in [1.807, 2.05) is 45.0 Å². The zero-order valence-corrected chi connectivity index (χ0v) is 11.6. The van der Waals surface area contributed by atoms with Crippen LogP contribution in [0.15, 0.2) is 29.4 Å². The van der Waals surface area contributed by atoms with Gasteiger partial charge in [-0.2, -0.15) is 5.10 Å². The van der Waals surface area contributed by atoms with Crippen LogP contribution in [-0.2, 0) is 4.79 Å². The minimum atomic E-state index is -0.175. The van der Waals surface area contributed by atoms with E-state index in [-0.39, 0.29) is 12.5 Å². The molecule has 5 nitrogen and oxygen atoms in total. The van der Waals surface area contributed by atoms with Crippen LogP contribution in [0.1, 0.15) is 20.8 Å². The van der Waals surface area contributed by atoms with Gasteiger partial charge >= 0.3 is 0 Å². The first-order valence-corrected chi connectivity index (χ1v) is 6.40. The van der Waals surface area contributed by atoms with Gasteiger partial charge in [0.1, 0.15) is 5.75 Å². The Balaban J connectivity index is 2.33. The van der Waals surface area contributed by atoms with Crippen molar-refractivity contribution in [1.29, 1.82) is 0 Å². The smallest absolute Gasteiger partial charge is 0.259 e. The zero-order valence-electron chi connectivity index (χ0n) is 11.6. The molecule has 2 N–H and O–H groups in total. The predicted molar refractivity (Wildman–Crippen MR) is 77.6 cm³/mol. The Morgan fingerprint density at radius 2 is 2.05 bits per heavy atom. The van der Waals surface area contributed by atoms with Gasteiger partial charge in [-0.1, -0.05) is 13.8 Å². The molecule has 19 heavy (non-hydrogen) atoms. The monoisotopic (exact) mass is 263 g/mol. The molecule has 0 unspecified atom stereocenters. The number of hydrogen-bond donors (Lipinski definition) is 2. The second-order valence-electron chi connectivity index (χ2n) is 4.37. The van der Waals surface area contributed by atoms with E-state index in [1.54, 1.807) is 6.21 Å². The van der Waals surface area contributed by atoms with E-state index in [0.29, 0.717) is 12.5 Å². The van der Waals surface area contributed by atoms with Gasteiger partial charge in [0.15, 0.2) is 0 Å². The van der Waals surface area contributed by atoms with Gasteiger partial charge in [-0.05, 0) is 37.1 Å². The summed E-state index contributed by atoms with van der Waals surface area (Å²) in [5.74, 6) is 0.962. The van der Waals surface area contributed by atoms with E-state index in [1.165, 1.54) is 0 Å². The fourth-order valence-corrected chi connectivity index (χ4v) is 1.32. The van der Waals surface area contributed by atoms with Gasteiger partial charge in [0.25, 0.3) is 5.91 Å². The van der Waals surface area contributed by atoms with Crippen LogP contribution < -0.4 is 15.5 Å². The zero-order chi connectivity index (χ0) is 14.1. The molecule has 0 aliphatic heterocycles. The van der Waals surface area contributed by atoms with Crippen LogP contribution in [0.5, 0.6) is 5.75 Å². The van der Waals surface area contributed by atoms with Crippen molar-refractivity contribution in [3.8, 4) is 5.75 Å². The van der Waals surface area contributed by atoms with Crippen LogP contribution >= 0.6 is 0 Å². The molecule has 0 spiro atoms. The number of hydrazone groups is 1. The summed E-state index contributed by atoms with van der Waals surface area (Å²) < 4.78 is 5.34. The Morgan fingerprint density at radius 1 is 1.37 bits per heavy atom. The number of nitrogens with one attached hydrogen (secondary N) is 2. The molecule has 1 rings (SSSR count). The van der Waals surface area contributed by atoms with Gasteiger partial charge in [-0.3, -0.25) is 4.79 Å². The second kappa shape index (κ2) is 8.13. The van der Waals surface area contributed by atoms with Crippen LogP contribution in [0.2, 0.25) is 0 Å². The quantitative estimate of drug-likeness (QED) is 0.586. The van der Waals surface area contributed by atoms with Crippen molar-refractivity contribution in [3.63, 3.8) is 0 Å². The van der Waals surface area contributed by atoms with E-state index >= 15 is 0 Å². The van der Waals surface area contributed by atoms with Gasteiger partial charge in [0.2, 0.25) is 0 Å². The molecule has 0 radical (unpaired) electrons. The maximum Gasteiger partial charge on any atom is 0.259 e. The minimum Gasteiger partial charge on any atom is -0.494 e. The van der Waals surface area contributed by atoms with Crippen molar-refractivity contribution in [2.24, 2.45) is 11.0 Å². The molecular weight excluding hydrogens is 242 g/mol. The van der Waals surface area contributed by atoms with Gasteiger partial charge < -0.3 is 10.1 Å². The van der Waals surface area contributed by atoms with E-state index in [4.69, 9.17) is 4.74 Å². The number of rotatable bonds is 7. The molecule has 0 heterocycles. The second-order valence-corrected chi connectivity index (χ2v) is 4.37. The Morgan fingerprint density at radius 3 is 2.63 bits per heavy atom. The summed E-state index contributed by atoms with van der Waals surface area (Å²) in [6, 6.07) is 7.46. The molecule has 1 aromatic carbocycles. The van der Waals surface area contributed by atoms with E-state index < -0.39 is 0 Å². The number of anilines is 1. The van der Waals surface area contributed by atoms with Crippen molar-refractivity contribution in [3.05, 3.63) is 24.3 Å². The van der Waals surface area contributed by atoms with Crippen molar-refractivity contribution in [2.45, 2.75) is 20.8 Å². The average molecular weight is 263 g/mol. The Kier molecular flexibility index (Phi) is 6.43. The fraction of sp³-hybridized carbons (Fsp3) is 0.429. The van der Waals surface area contributed by atoms with E-state index in [9.17, 15) is 4.79 Å². The maximum absolute atomic E-state index is 11.5. The molecule has 1 amide bonds. The van der Waals surface area contributed by atoms with Gasteiger partial charge in [0.05, 0.1) is 13.2 Å². The summed E-state index contributed by atoms with van der Waals surface area (Å²) in [4.78, 5) is 11.5. The molecular formula is C14H21N3O2. The first-order valence-electron chi connectivity index (χ1n) is 6.40. The molecule has 5 heteroatoms. The Bertz CT molecular complexity index is 413. The highest BCUT2D eigenvalue weighted by atomic mass is 16.5. The lowest BCUT2D eigenvalue weighted by molar-refractivity contribution is -0.119. The van der Waals surface area contributed by atoms with E-state index in [0.717, 1.165) is 11.4 Å². The van der Waals surface area contributed by atoms with Crippen LogP contribution in [0.4, 0.5) is 5.69 Å². The standard InChI is InChI=1S/C14H21N3O2/c1-4-19-13-7-5-12(6-8-13)15-10-14(18)17-16-9-11(2)3/h5-9,11,15H,4,10H2,1-3H3,(H,17,18). The summed E-state index contributed by atoms with van der Waals surface area (Å²) in [5.41, 5.74) is 3.33. The lowest BCUT2D eigenvalue weighted by Crippen LogP contribution is -2.26. The minimum absolute atomic E-state index is 0.175. The third-order valence-electron chi connectivity index (χ3n) is 2.18. The Labute approximate surface area is 114 Å². The molecule has 0 atom stereocenters. The lowest BCUT2D eigenvalue weighted by Gasteiger charge is -2.07. The molecule has 0 aromatic heterocycles. The molecule has 0 saturated carbocycles. The van der Waals surface area contributed by atoms with Gasteiger partial charge in [0, 0.05) is 11.9 Å². The predicted octanol–water partition coefficient (Wildman–Crippen LogP) is 2.26. The number of hydrogen-bond acceptors (Lipinski definition) is 4. The molecule has 1 aromatic rings. The first kappa shape index (κ1) is 15.0. The number of benzene rings is 1. The van der Waals surface area contributed by atoms with Crippen molar-refractivity contribution in [2.75, 3.05) is 18.5 Å². The molecule has 0 aliphatic rings. The van der Waals surface area contributed by atoms with Crippen molar-refractivity contribution in [1.82, 2.24) is 5.43 Å². The van der Waals surface area contributed by atoms with Crippen LogP contribution in [0.25, 0.3) is 0 Å². The topological polar surface area (TPSA) is 62.7 Å². The highest BCUT2D eigenvalue weighted by molar-refractivity contribution is 5.81. The number of carbonyl (C=O) groups excluding carboxylic acids is 1. The number of ether oxygens (including phenoxy) is 1. The molecule has 0 fully saturated rings. The van der Waals surface area contributed by atoms with Gasteiger partial charge in [-0.15, -0.1) is 0 Å². The highest BCUT2D eigenvalue weighted by Gasteiger charge is 2.00. The van der Waals surface area contributed by atoms with Crippen LogP contribution in [0, 0.1) is 5.92 Å². The van der Waals surface area contributed by atoms with Crippen LogP contribution in [0.3, 0.4) is 0 Å². The summed E-state index contributed by atoms with van der Waals surface area (Å²) >= 11 is 0. The fourth-order valence-electron chi connectivity index (χ4n) is 1.32. The third-order valence-corrected chi connectivity index (χ3v) is 2.18. The normalized spacial score (nSPS) is 10.7. The van der Waals surface area contributed by atoms with Crippen LogP contribution in [-0.4, -0.2) is 25.3 Å². The largest absolute Gasteiger partial charge is 0.494 e. The summed E-state index contributed by atoms with van der Waals surface area (Å²) in [7, 11) is 0. The highest BCUT2D eigenvalue weighted by Crippen LogP contribution is 2.15. The number of nitrogens with zero attached hydrogens (tertiary/aromatic N) is 1. The summed E-state index contributed by atoms with van der Waals surface area (Å²) in [6.45, 7) is 6.75. The maximum atomic E-state index is 11.5. The number of amides is 1. The summed E-state index contributed by atoms with van der Waals surface area (Å²) in [5, 5.41) is 6.85. The van der Waals surface area contributed by atoms with Crippen molar-refractivity contribution < 1.29 is 9.53 Å². The van der Waals surface area contributed by atoms with Gasteiger partial charge in [-0.25, -0.2) is 5.43 Å². The molecule has 0 bridgehead atoms. The summed E-state index contributed by atoms with van der Waals surface area (Å²) in [6.07, 6.45) is 1.69. The third kappa shape index (κ3) is 6.45. The van der Waals surface area contributed by atoms with E-state index in [2.05, 4.69) is 15.8 Å². The number of carbonyl (C=O) groups is 1. The SMILES string of the molecule is CCOc1ccc(NCC(=O)NN=CC(C)C)cc1. The molecule has 0 saturated heterocycles. The Hall–Kier alpha value is -2.04. The molecule has 0 aliphatic carbocycles. The average Bonchev–Trinajstić information content (AvgIpc) is 2.38. The molecule has 104 valence electrons. The van der Waals surface area contributed by atoms with Crippen molar-refractivity contribution >= 4 is 17.8 Å². The lowest BCUT2D eigenvalue weighted by atomic mass is 10.3. The first-order chi connectivity index (χ1) is 9.11.